The number of carbonyl (C=O) groups excluding carboxylic acids is 1. The SMILES string of the molecule is CC(C)(C)OC(=O)NC1CCN(c2ccccc2-c2ccco2)C1. The molecular weight excluding hydrogens is 304 g/mol. The van der Waals surface area contributed by atoms with Gasteiger partial charge in [0.2, 0.25) is 0 Å². The van der Waals surface area contributed by atoms with Crippen LogP contribution in [0.25, 0.3) is 11.3 Å². The molecule has 0 radical (unpaired) electrons. The van der Waals surface area contributed by atoms with Crippen molar-refractivity contribution in [2.75, 3.05) is 18.0 Å². The van der Waals surface area contributed by atoms with Crippen molar-refractivity contribution in [3.63, 3.8) is 0 Å². The monoisotopic (exact) mass is 328 g/mol. The molecule has 24 heavy (non-hydrogen) atoms. The number of anilines is 1. The predicted molar refractivity (Wildman–Crippen MR) is 94.1 cm³/mol. The van der Waals surface area contributed by atoms with Crippen LogP contribution in [0.3, 0.4) is 0 Å². The van der Waals surface area contributed by atoms with Crippen molar-refractivity contribution >= 4 is 11.8 Å². The van der Waals surface area contributed by atoms with Crippen LogP contribution < -0.4 is 10.2 Å². The summed E-state index contributed by atoms with van der Waals surface area (Å²) < 4.78 is 10.9. The maximum atomic E-state index is 11.9. The smallest absolute Gasteiger partial charge is 0.407 e. The number of amides is 1. The van der Waals surface area contributed by atoms with Gasteiger partial charge in [0.25, 0.3) is 0 Å². The molecule has 1 amide bonds. The van der Waals surface area contributed by atoms with Crippen molar-refractivity contribution in [3.8, 4) is 11.3 Å². The molecule has 1 unspecified atom stereocenters. The number of nitrogens with one attached hydrogen (secondary N) is 1. The summed E-state index contributed by atoms with van der Waals surface area (Å²) in [5.74, 6) is 0.856. The second-order valence-corrected chi connectivity index (χ2v) is 7.07. The van der Waals surface area contributed by atoms with Gasteiger partial charge in [0.1, 0.15) is 11.4 Å². The first-order chi connectivity index (χ1) is 11.4. The zero-order valence-electron chi connectivity index (χ0n) is 14.4. The normalized spacial score (nSPS) is 17.8. The Balaban J connectivity index is 1.68. The van der Waals surface area contributed by atoms with Crippen LogP contribution in [0.4, 0.5) is 10.5 Å². The lowest BCUT2D eigenvalue weighted by Gasteiger charge is -2.23. The lowest BCUT2D eigenvalue weighted by atomic mass is 10.1. The van der Waals surface area contributed by atoms with Gasteiger partial charge in [-0.1, -0.05) is 12.1 Å². The zero-order valence-corrected chi connectivity index (χ0v) is 14.4. The Morgan fingerprint density at radius 3 is 2.75 bits per heavy atom. The number of para-hydroxylation sites is 1. The first-order valence-corrected chi connectivity index (χ1v) is 8.30. The molecule has 1 saturated heterocycles. The van der Waals surface area contributed by atoms with Crippen LogP contribution >= 0.6 is 0 Å². The first kappa shape index (κ1) is 16.4. The van der Waals surface area contributed by atoms with Gasteiger partial charge in [-0.2, -0.15) is 0 Å². The van der Waals surface area contributed by atoms with Crippen LogP contribution in [0, 0.1) is 0 Å². The van der Waals surface area contributed by atoms with Gasteiger partial charge >= 0.3 is 6.09 Å². The summed E-state index contributed by atoms with van der Waals surface area (Å²) in [6.45, 7) is 7.25. The molecule has 1 atom stereocenters. The van der Waals surface area contributed by atoms with Gasteiger partial charge in [-0.15, -0.1) is 0 Å². The Kier molecular flexibility index (Phi) is 4.51. The van der Waals surface area contributed by atoms with Gasteiger partial charge in [0, 0.05) is 24.3 Å². The van der Waals surface area contributed by atoms with E-state index in [0.29, 0.717) is 0 Å². The molecule has 1 aliphatic heterocycles. The van der Waals surface area contributed by atoms with E-state index in [-0.39, 0.29) is 12.1 Å². The van der Waals surface area contributed by atoms with E-state index in [9.17, 15) is 4.79 Å². The van der Waals surface area contributed by atoms with Crippen molar-refractivity contribution in [2.24, 2.45) is 0 Å². The second kappa shape index (κ2) is 6.59. The van der Waals surface area contributed by atoms with E-state index in [1.54, 1.807) is 6.26 Å². The molecule has 1 fully saturated rings. The van der Waals surface area contributed by atoms with Crippen LogP contribution in [0.1, 0.15) is 27.2 Å². The fourth-order valence-electron chi connectivity index (χ4n) is 2.96. The van der Waals surface area contributed by atoms with Crippen LogP contribution in [0.2, 0.25) is 0 Å². The van der Waals surface area contributed by atoms with Crippen molar-refractivity contribution in [3.05, 3.63) is 42.7 Å². The summed E-state index contributed by atoms with van der Waals surface area (Å²) in [7, 11) is 0. The standard InChI is InChI=1S/C19H24N2O3/c1-19(2,3)24-18(22)20-14-10-11-21(13-14)16-8-5-4-7-15(16)17-9-6-12-23-17/h4-9,12,14H,10-11,13H2,1-3H3,(H,20,22). The molecule has 1 aromatic carbocycles. The highest BCUT2D eigenvalue weighted by Crippen LogP contribution is 2.33. The van der Waals surface area contributed by atoms with E-state index in [0.717, 1.165) is 36.5 Å². The highest BCUT2D eigenvalue weighted by molar-refractivity contribution is 5.76. The summed E-state index contributed by atoms with van der Waals surface area (Å²) in [6, 6.07) is 12.1. The Labute approximate surface area is 142 Å². The molecule has 2 aromatic rings. The molecule has 5 nitrogen and oxygen atoms in total. The van der Waals surface area contributed by atoms with Crippen LogP contribution in [-0.2, 0) is 4.74 Å². The Morgan fingerprint density at radius 1 is 1.25 bits per heavy atom. The second-order valence-electron chi connectivity index (χ2n) is 7.07. The Morgan fingerprint density at radius 2 is 2.04 bits per heavy atom. The topological polar surface area (TPSA) is 54.7 Å². The highest BCUT2D eigenvalue weighted by Gasteiger charge is 2.27. The minimum Gasteiger partial charge on any atom is -0.464 e. The molecule has 0 bridgehead atoms. The number of nitrogens with zero attached hydrogens (tertiary/aromatic N) is 1. The Bertz CT molecular complexity index is 689. The number of carbonyl (C=O) groups is 1. The summed E-state index contributed by atoms with van der Waals surface area (Å²) in [4.78, 5) is 14.2. The number of ether oxygens (including phenoxy) is 1. The van der Waals surface area contributed by atoms with Crippen LogP contribution in [-0.4, -0.2) is 30.8 Å². The van der Waals surface area contributed by atoms with Crippen molar-refractivity contribution in [1.82, 2.24) is 5.32 Å². The third kappa shape index (κ3) is 3.91. The summed E-state index contributed by atoms with van der Waals surface area (Å²) in [6.07, 6.45) is 2.22. The minimum absolute atomic E-state index is 0.0875. The maximum Gasteiger partial charge on any atom is 0.407 e. The van der Waals surface area contributed by atoms with Gasteiger partial charge in [0.05, 0.1) is 12.3 Å². The average Bonchev–Trinajstić information content (AvgIpc) is 3.16. The lowest BCUT2D eigenvalue weighted by molar-refractivity contribution is 0.0509. The van der Waals surface area contributed by atoms with E-state index in [2.05, 4.69) is 22.3 Å². The molecule has 2 heterocycles. The summed E-state index contributed by atoms with van der Waals surface area (Å²) >= 11 is 0. The van der Waals surface area contributed by atoms with Gasteiger partial charge < -0.3 is 19.4 Å². The molecule has 3 rings (SSSR count). The van der Waals surface area contributed by atoms with Gasteiger partial charge in [0.15, 0.2) is 0 Å². The minimum atomic E-state index is -0.478. The number of alkyl carbamates (subject to hydrolysis) is 1. The molecule has 1 aliphatic rings. The number of furan rings is 1. The third-order valence-corrected chi connectivity index (χ3v) is 3.94. The van der Waals surface area contributed by atoms with E-state index in [1.165, 1.54) is 0 Å². The van der Waals surface area contributed by atoms with Crippen molar-refractivity contribution < 1.29 is 13.9 Å². The lowest BCUT2D eigenvalue weighted by Crippen LogP contribution is -2.40. The van der Waals surface area contributed by atoms with Gasteiger partial charge in [-0.3, -0.25) is 0 Å². The quantitative estimate of drug-likeness (QED) is 0.923. The van der Waals surface area contributed by atoms with Crippen LogP contribution in [0.5, 0.6) is 0 Å². The molecule has 0 saturated carbocycles. The van der Waals surface area contributed by atoms with E-state index in [1.807, 2.05) is 45.0 Å². The third-order valence-electron chi connectivity index (χ3n) is 3.94. The molecule has 0 spiro atoms. The molecule has 0 aliphatic carbocycles. The van der Waals surface area contributed by atoms with Gasteiger partial charge in [-0.25, -0.2) is 4.79 Å². The fraction of sp³-hybridized carbons (Fsp3) is 0.421. The molecule has 5 heteroatoms. The number of hydrogen-bond acceptors (Lipinski definition) is 4. The number of benzene rings is 1. The highest BCUT2D eigenvalue weighted by atomic mass is 16.6. The fourth-order valence-corrected chi connectivity index (χ4v) is 2.96. The zero-order chi connectivity index (χ0) is 17.2. The van der Waals surface area contributed by atoms with Crippen LogP contribution in [0.15, 0.2) is 47.1 Å². The molecule has 1 aromatic heterocycles. The Hall–Kier alpha value is -2.43. The van der Waals surface area contributed by atoms with Gasteiger partial charge in [-0.05, 0) is 51.5 Å². The molecular formula is C19H24N2O3. The average molecular weight is 328 g/mol. The number of hydrogen-bond donors (Lipinski definition) is 1. The van der Waals surface area contributed by atoms with E-state index in [4.69, 9.17) is 9.15 Å². The summed E-state index contributed by atoms with van der Waals surface area (Å²) in [5.41, 5.74) is 1.72. The predicted octanol–water partition coefficient (Wildman–Crippen LogP) is 4.05. The largest absolute Gasteiger partial charge is 0.464 e. The molecule has 1 N–H and O–H groups in total. The first-order valence-electron chi connectivity index (χ1n) is 8.30. The van der Waals surface area contributed by atoms with Crippen molar-refractivity contribution in [1.29, 1.82) is 0 Å². The van der Waals surface area contributed by atoms with Crippen molar-refractivity contribution in [2.45, 2.75) is 38.8 Å². The van der Waals surface area contributed by atoms with E-state index < -0.39 is 5.60 Å². The molecule has 128 valence electrons. The van der Waals surface area contributed by atoms with E-state index >= 15 is 0 Å². The number of rotatable bonds is 3. The summed E-state index contributed by atoms with van der Waals surface area (Å²) in [5, 5.41) is 2.96. The maximum absolute atomic E-state index is 11.9.